The van der Waals surface area contributed by atoms with Gasteiger partial charge >= 0.3 is 6.10 Å². The van der Waals surface area contributed by atoms with Gasteiger partial charge in [-0.1, -0.05) is 43.1 Å². The Kier molecular flexibility index (Phi) is 9.02. The van der Waals surface area contributed by atoms with E-state index < -0.39 is 35.7 Å². The van der Waals surface area contributed by atoms with Crippen molar-refractivity contribution < 1.29 is 28.9 Å². The Bertz CT molecular complexity index is 1820. The zero-order chi connectivity index (χ0) is 32.5. The van der Waals surface area contributed by atoms with Crippen molar-refractivity contribution in [2.45, 2.75) is 44.8 Å². The largest absolute Gasteiger partial charge is 0.396 e. The number of amides is 1. The maximum atomic E-state index is 13.7. The third-order valence-electron chi connectivity index (χ3n) is 7.49. The quantitative estimate of drug-likeness (QED) is 0.171. The molecule has 1 amide bonds. The van der Waals surface area contributed by atoms with Crippen LogP contribution in [-0.2, 0) is 10.9 Å². The molecule has 0 saturated carbocycles. The molecule has 7 N–H and O–H groups in total. The summed E-state index contributed by atoms with van der Waals surface area (Å²) in [4.78, 5) is 31.1. The minimum absolute atomic E-state index is 0.0348. The molecular weight excluding hydrogens is 612 g/mol. The van der Waals surface area contributed by atoms with Gasteiger partial charge in [0.05, 0.1) is 35.6 Å². The van der Waals surface area contributed by atoms with Crippen LogP contribution in [0.5, 0.6) is 0 Å². The Morgan fingerprint density at radius 3 is 2.67 bits per heavy atom. The molecule has 2 aromatic heterocycles. The molecule has 0 spiro atoms. The molecule has 3 heterocycles. The molecule has 15 heteroatoms. The average molecular weight is 642 g/mol. The van der Waals surface area contributed by atoms with Gasteiger partial charge in [-0.3, -0.25) is 14.2 Å². The molecule has 1 aliphatic rings. The predicted octanol–water partition coefficient (Wildman–Crippen LogP) is 3.80. The van der Waals surface area contributed by atoms with Gasteiger partial charge in [-0.2, -0.15) is 9.78 Å². The lowest BCUT2D eigenvalue weighted by Crippen LogP contribution is -2.34. The molecule has 2 bridgehead atoms. The fourth-order valence-electron chi connectivity index (χ4n) is 5.18. The highest BCUT2D eigenvalue weighted by Gasteiger charge is 2.31. The number of alkyl halides is 2. The zero-order valence-corrected chi connectivity index (χ0v) is 24.6. The van der Waals surface area contributed by atoms with Crippen LogP contribution in [0.3, 0.4) is 0 Å². The molecule has 45 heavy (non-hydrogen) atoms. The summed E-state index contributed by atoms with van der Waals surface area (Å²) in [6.07, 6.45) is -1.19. The van der Waals surface area contributed by atoms with Crippen LogP contribution in [0.25, 0.3) is 22.5 Å². The van der Waals surface area contributed by atoms with E-state index in [1.54, 1.807) is 49.4 Å². The fraction of sp³-hybridized carbons (Fsp3) is 0.267. The van der Waals surface area contributed by atoms with E-state index in [1.807, 2.05) is 0 Å². The number of aromatic nitrogens is 4. The molecule has 2 atom stereocenters. The summed E-state index contributed by atoms with van der Waals surface area (Å²) < 4.78 is 27.8. The third-order valence-corrected chi connectivity index (χ3v) is 7.73. The first-order chi connectivity index (χ1) is 21.3. The van der Waals surface area contributed by atoms with Crippen LogP contribution in [0.4, 0.5) is 20.2 Å². The fourth-order valence-corrected chi connectivity index (χ4v) is 5.35. The van der Waals surface area contributed by atoms with Crippen molar-refractivity contribution in [2.24, 2.45) is 11.7 Å². The number of rotatable bonds is 6. The van der Waals surface area contributed by atoms with Gasteiger partial charge in [0.2, 0.25) is 5.91 Å². The molecule has 2 aromatic carbocycles. The van der Waals surface area contributed by atoms with E-state index >= 15 is 0 Å². The highest BCUT2D eigenvalue weighted by atomic mass is 35.5. The molecule has 1 aliphatic heterocycles. The second-order valence-corrected chi connectivity index (χ2v) is 11.1. The first-order valence-corrected chi connectivity index (χ1v) is 14.3. The minimum Gasteiger partial charge on any atom is -0.396 e. The van der Waals surface area contributed by atoms with Gasteiger partial charge in [-0.25, -0.2) is 13.8 Å². The van der Waals surface area contributed by atoms with Crippen molar-refractivity contribution in [1.29, 1.82) is 0 Å². The summed E-state index contributed by atoms with van der Waals surface area (Å²) in [5.74, 6) is -0.774. The van der Waals surface area contributed by atoms with Gasteiger partial charge in [-0.15, -0.1) is 0 Å². The van der Waals surface area contributed by atoms with Crippen LogP contribution in [0.1, 0.15) is 37.8 Å². The van der Waals surface area contributed by atoms with Crippen molar-refractivity contribution in [1.82, 2.24) is 19.3 Å². The molecule has 0 aliphatic carbocycles. The number of aliphatic hydroxyl groups is 3. The van der Waals surface area contributed by atoms with Gasteiger partial charge < -0.3 is 31.7 Å². The first-order valence-electron chi connectivity index (χ1n) is 13.9. The van der Waals surface area contributed by atoms with E-state index in [0.29, 0.717) is 51.3 Å². The lowest BCUT2D eigenvalue weighted by molar-refractivity contribution is -0.379. The van der Waals surface area contributed by atoms with E-state index in [1.165, 1.54) is 23.2 Å². The van der Waals surface area contributed by atoms with Crippen molar-refractivity contribution in [3.63, 3.8) is 0 Å². The highest BCUT2D eigenvalue weighted by molar-refractivity contribution is 6.31. The minimum atomic E-state index is -3.36. The highest BCUT2D eigenvalue weighted by Crippen LogP contribution is 2.35. The molecular formula is C30H30ClF2N7O5. The summed E-state index contributed by atoms with van der Waals surface area (Å²) in [7, 11) is 0. The maximum Gasteiger partial charge on any atom is 0.389 e. The van der Waals surface area contributed by atoms with Crippen LogP contribution < -0.4 is 21.9 Å². The number of nitrogens with two attached hydrogens (primary N) is 1. The normalized spacial score (nSPS) is 17.7. The van der Waals surface area contributed by atoms with Crippen molar-refractivity contribution in [2.75, 3.05) is 10.6 Å². The third kappa shape index (κ3) is 6.88. The number of carbonyl (C=O) groups excluding carboxylic acids is 1. The van der Waals surface area contributed by atoms with Gasteiger partial charge in [0.15, 0.2) is 0 Å². The molecule has 5 rings (SSSR count). The number of fused-ring (bicyclic) bond motifs is 4. The lowest BCUT2D eigenvalue weighted by Gasteiger charge is -2.24. The second kappa shape index (κ2) is 12.8. The number of anilines is 2. The van der Waals surface area contributed by atoms with Crippen LogP contribution in [0.15, 0.2) is 77.7 Å². The zero-order valence-electron chi connectivity index (χ0n) is 23.9. The Morgan fingerprint density at radius 2 is 1.96 bits per heavy atom. The maximum absolute atomic E-state index is 13.7. The summed E-state index contributed by atoms with van der Waals surface area (Å²) in [6.45, 7) is 1.75. The lowest BCUT2D eigenvalue weighted by atomic mass is 9.94. The van der Waals surface area contributed by atoms with Crippen LogP contribution in [-0.4, -0.2) is 47.0 Å². The van der Waals surface area contributed by atoms with Crippen LogP contribution >= 0.6 is 11.6 Å². The SMILES string of the molecule is CC1CCCC(n2cnc(-c3cc(Cl)ccc3N/C=C(\N)C(F)F)cc2=O)c2cccc(c2)-c2c(cnn2C(O)(O)O)NC1=O. The number of nitrogens with one attached hydrogen (secondary N) is 2. The molecule has 0 radical (unpaired) electrons. The Morgan fingerprint density at radius 1 is 1.18 bits per heavy atom. The average Bonchev–Trinajstić information content (AvgIpc) is 3.42. The monoisotopic (exact) mass is 641 g/mol. The van der Waals surface area contributed by atoms with Gasteiger partial charge in [0.1, 0.15) is 5.69 Å². The van der Waals surface area contributed by atoms with Crippen molar-refractivity contribution >= 4 is 28.9 Å². The second-order valence-electron chi connectivity index (χ2n) is 10.7. The van der Waals surface area contributed by atoms with E-state index in [9.17, 15) is 33.7 Å². The van der Waals surface area contributed by atoms with Crippen LogP contribution in [0, 0.1) is 5.92 Å². The summed E-state index contributed by atoms with van der Waals surface area (Å²) in [5, 5.41) is 39.6. The molecule has 0 fully saturated rings. The number of halogens is 3. The Labute approximate surface area is 260 Å². The van der Waals surface area contributed by atoms with Gasteiger partial charge in [0.25, 0.3) is 12.0 Å². The summed E-state index contributed by atoms with van der Waals surface area (Å²) in [6, 6.07) is 12.2. The number of allylic oxidation sites excluding steroid dienone is 1. The topological polar surface area (TPSA) is 181 Å². The Balaban J connectivity index is 1.59. The Hall–Kier alpha value is -4.63. The number of benzene rings is 2. The van der Waals surface area contributed by atoms with Crippen molar-refractivity contribution in [3.05, 3.63) is 93.9 Å². The number of carbonyl (C=O) groups is 1. The van der Waals surface area contributed by atoms with Crippen molar-refractivity contribution in [3.8, 4) is 22.5 Å². The van der Waals surface area contributed by atoms with E-state index in [4.69, 9.17) is 17.3 Å². The molecule has 4 aromatic rings. The van der Waals surface area contributed by atoms with Gasteiger partial charge in [-0.05, 0) is 42.7 Å². The standard InChI is InChI=1S/C30H30ClF2N7O5/c1-16-4-2-7-25(17-5-3-6-18(10-17)27-24(38-29(16)42)14-37-40(27)30(43,44)45)39-15-36-23(12-26(39)41)20-11-19(31)8-9-22(20)35-13-21(34)28(32)33/h3,5-6,8-16,25,28,35,43-45H,2,4,7,34H2,1H3,(H,38,42)/b21-13-. The van der Waals surface area contributed by atoms with E-state index in [0.717, 1.165) is 6.20 Å². The molecule has 0 saturated heterocycles. The number of nitrogens with zero attached hydrogens (tertiary/aromatic N) is 4. The van der Waals surface area contributed by atoms with E-state index in [2.05, 4.69) is 20.7 Å². The predicted molar refractivity (Wildman–Crippen MR) is 163 cm³/mol. The summed E-state index contributed by atoms with van der Waals surface area (Å²) in [5.41, 5.74) is 6.45. The smallest absolute Gasteiger partial charge is 0.389 e. The number of hydrogen-bond acceptors (Lipinski definition) is 9. The molecule has 2 unspecified atom stereocenters. The first kappa shape index (κ1) is 31.8. The summed E-state index contributed by atoms with van der Waals surface area (Å²) >= 11 is 6.21. The van der Waals surface area contributed by atoms with Gasteiger partial charge in [0, 0.05) is 40.0 Å². The number of hydrogen-bond donors (Lipinski definition) is 6. The van der Waals surface area contributed by atoms with E-state index in [-0.39, 0.29) is 23.0 Å². The molecule has 12 nitrogen and oxygen atoms in total. The molecule has 236 valence electrons. The van der Waals surface area contributed by atoms with Crippen LogP contribution in [0.2, 0.25) is 5.02 Å².